The maximum Gasteiger partial charge on any atom is 0.171 e. The average molecular weight is 422 g/mol. The second-order valence-electron chi connectivity index (χ2n) is 7.69. The third-order valence-electron chi connectivity index (χ3n) is 5.22. The normalized spacial score (nSPS) is 16.0. The van der Waals surface area contributed by atoms with E-state index in [1.54, 1.807) is 11.8 Å². The van der Waals surface area contributed by atoms with E-state index >= 15 is 0 Å². The highest BCUT2D eigenvalue weighted by molar-refractivity contribution is 8.23. The number of nitrogens with one attached hydrogen (secondary N) is 1. The molecule has 26 heavy (non-hydrogen) atoms. The second-order valence-corrected chi connectivity index (χ2v) is 12.2. The van der Waals surface area contributed by atoms with Crippen LogP contribution in [0.2, 0.25) is 0 Å². The molecule has 0 aromatic rings. The van der Waals surface area contributed by atoms with Crippen LogP contribution in [0.5, 0.6) is 0 Å². The third-order valence-corrected chi connectivity index (χ3v) is 9.68. The van der Waals surface area contributed by atoms with Gasteiger partial charge < -0.3 is 9.65 Å². The minimum Gasteiger partial charge on any atom is -0.322 e. The van der Waals surface area contributed by atoms with Crippen molar-refractivity contribution >= 4 is 35.6 Å². The lowest BCUT2D eigenvalue weighted by molar-refractivity contribution is 0.461. The van der Waals surface area contributed by atoms with Gasteiger partial charge in [-0.1, -0.05) is 104 Å². The Labute approximate surface area is 173 Å². The first kappa shape index (κ1) is 26.5. The summed E-state index contributed by atoms with van der Waals surface area (Å²) in [6.45, 7) is 11.2. The molecule has 0 aliphatic rings. The minimum absolute atomic E-state index is 0.556. The summed E-state index contributed by atoms with van der Waals surface area (Å²) < 4.78 is 14.7. The first-order valence-corrected chi connectivity index (χ1v) is 14.4. The molecule has 0 fully saturated rings. The Bertz CT molecular complexity index is 381. The maximum atomic E-state index is 13.9. The molecule has 0 saturated carbocycles. The van der Waals surface area contributed by atoms with Gasteiger partial charge in [0, 0.05) is 18.1 Å². The van der Waals surface area contributed by atoms with Crippen LogP contribution < -0.4 is 5.09 Å². The van der Waals surface area contributed by atoms with Gasteiger partial charge in [-0.25, -0.2) is 0 Å². The van der Waals surface area contributed by atoms with Gasteiger partial charge in [0.2, 0.25) is 0 Å². The van der Waals surface area contributed by atoms with Crippen molar-refractivity contribution in [3.8, 4) is 0 Å². The van der Waals surface area contributed by atoms with Crippen molar-refractivity contribution in [3.63, 3.8) is 0 Å². The molecule has 0 aliphatic heterocycles. The van der Waals surface area contributed by atoms with E-state index < -0.39 is 7.29 Å². The van der Waals surface area contributed by atoms with E-state index in [-0.39, 0.29) is 0 Å². The largest absolute Gasteiger partial charge is 0.322 e. The Morgan fingerprint density at radius 1 is 0.885 bits per heavy atom. The summed E-state index contributed by atoms with van der Waals surface area (Å²) in [7, 11) is -2.46. The van der Waals surface area contributed by atoms with Crippen LogP contribution in [-0.2, 0) is 4.57 Å². The summed E-state index contributed by atoms with van der Waals surface area (Å²) in [4.78, 5) is 0. The molecule has 1 N–H and O–H groups in total. The van der Waals surface area contributed by atoms with Crippen LogP contribution >= 0.6 is 31.3 Å². The van der Waals surface area contributed by atoms with Crippen molar-refractivity contribution in [2.75, 3.05) is 18.1 Å². The van der Waals surface area contributed by atoms with E-state index in [0.717, 1.165) is 35.2 Å². The number of rotatable bonds is 16. The molecular weight excluding hydrogens is 377 g/mol. The summed E-state index contributed by atoms with van der Waals surface area (Å²) >= 11 is 7.23. The Morgan fingerprint density at radius 2 is 1.35 bits per heavy atom. The smallest absolute Gasteiger partial charge is 0.171 e. The zero-order chi connectivity index (χ0) is 19.8. The van der Waals surface area contributed by atoms with Crippen LogP contribution in [0.4, 0.5) is 0 Å². The van der Waals surface area contributed by atoms with Crippen molar-refractivity contribution in [2.24, 2.45) is 11.8 Å². The number of hydrogen-bond acceptors (Lipinski definition) is 3. The third kappa shape index (κ3) is 12.8. The van der Waals surface area contributed by atoms with Gasteiger partial charge in [0.1, 0.15) is 4.32 Å². The summed E-state index contributed by atoms with van der Waals surface area (Å²) in [6, 6.07) is 0. The topological polar surface area (TPSA) is 29.1 Å². The van der Waals surface area contributed by atoms with Gasteiger partial charge in [-0.2, -0.15) is 0 Å². The van der Waals surface area contributed by atoms with Crippen LogP contribution in [0.25, 0.3) is 0 Å². The standard InChI is InChI=1S/C21H44NOPS2/c1-6-11-14-19(9-4)17-24(23,18-20(10-5)15-12-7-2)22-21(25)26-16-13-8-3/h19-20H,6-18H2,1-5H3,(H,22,23,25). The molecule has 0 amide bonds. The van der Waals surface area contributed by atoms with Gasteiger partial charge in [-0.05, 0) is 31.1 Å². The molecule has 0 radical (unpaired) electrons. The number of unbranched alkanes of at least 4 members (excludes halogenated alkanes) is 3. The van der Waals surface area contributed by atoms with Crippen LogP contribution in [0.15, 0.2) is 0 Å². The van der Waals surface area contributed by atoms with E-state index in [1.807, 2.05) is 0 Å². The molecule has 0 saturated heterocycles. The average Bonchev–Trinajstić information content (AvgIpc) is 2.62. The van der Waals surface area contributed by atoms with Gasteiger partial charge in [-0.15, -0.1) is 0 Å². The molecule has 0 aromatic heterocycles. The van der Waals surface area contributed by atoms with Gasteiger partial charge in [0.25, 0.3) is 0 Å². The van der Waals surface area contributed by atoms with Crippen LogP contribution in [0.3, 0.4) is 0 Å². The zero-order valence-electron chi connectivity index (χ0n) is 18.0. The van der Waals surface area contributed by atoms with Crippen molar-refractivity contribution < 1.29 is 4.57 Å². The summed E-state index contributed by atoms with van der Waals surface area (Å²) in [5, 5.41) is 3.38. The lowest BCUT2D eigenvalue weighted by Gasteiger charge is -2.28. The Hall–Kier alpha value is 0.470. The van der Waals surface area contributed by atoms with Crippen molar-refractivity contribution in [3.05, 3.63) is 0 Å². The van der Waals surface area contributed by atoms with Gasteiger partial charge in [0.05, 0.1) is 0 Å². The Balaban J connectivity index is 5.02. The first-order chi connectivity index (χ1) is 12.4. The quantitative estimate of drug-likeness (QED) is 0.155. The fourth-order valence-electron chi connectivity index (χ4n) is 3.34. The van der Waals surface area contributed by atoms with Crippen molar-refractivity contribution in [1.29, 1.82) is 0 Å². The van der Waals surface area contributed by atoms with E-state index in [4.69, 9.17) is 12.2 Å². The highest BCUT2D eigenvalue weighted by Gasteiger charge is 2.29. The molecule has 2 atom stereocenters. The Kier molecular flexibility index (Phi) is 16.7. The summed E-state index contributed by atoms with van der Waals surface area (Å²) in [6.07, 6.45) is 13.5. The van der Waals surface area contributed by atoms with Gasteiger partial charge in [-0.3, -0.25) is 0 Å². The first-order valence-electron chi connectivity index (χ1n) is 11.0. The lowest BCUT2D eigenvalue weighted by Crippen LogP contribution is -2.25. The predicted octanol–water partition coefficient (Wildman–Crippen LogP) is 8.11. The zero-order valence-corrected chi connectivity index (χ0v) is 20.5. The van der Waals surface area contributed by atoms with E-state index in [2.05, 4.69) is 39.7 Å². The second kappa shape index (κ2) is 16.4. The molecule has 0 heterocycles. The summed E-state index contributed by atoms with van der Waals surface area (Å²) in [5.74, 6) is 2.14. The predicted molar refractivity (Wildman–Crippen MR) is 127 cm³/mol. The molecule has 156 valence electrons. The highest BCUT2D eigenvalue weighted by atomic mass is 32.2. The van der Waals surface area contributed by atoms with Crippen LogP contribution in [-0.4, -0.2) is 22.4 Å². The monoisotopic (exact) mass is 421 g/mol. The highest BCUT2D eigenvalue weighted by Crippen LogP contribution is 2.48. The molecule has 0 spiro atoms. The SMILES string of the molecule is CCCCSC(=S)NP(=O)(CC(CC)CCCC)CC(CC)CCCC. The number of hydrogen-bond donors (Lipinski definition) is 1. The van der Waals surface area contributed by atoms with Gasteiger partial charge in [0.15, 0.2) is 7.29 Å². The fourth-order valence-corrected chi connectivity index (χ4v) is 8.68. The molecule has 0 aliphatic carbocycles. The van der Waals surface area contributed by atoms with Crippen LogP contribution in [0, 0.1) is 11.8 Å². The molecule has 5 heteroatoms. The molecule has 2 unspecified atom stereocenters. The number of thioether (sulfide) groups is 1. The molecular formula is C21H44NOPS2. The van der Waals surface area contributed by atoms with Crippen LogP contribution in [0.1, 0.15) is 98.8 Å². The van der Waals surface area contributed by atoms with E-state index in [9.17, 15) is 4.57 Å². The van der Waals surface area contributed by atoms with E-state index in [1.165, 1.54) is 51.4 Å². The van der Waals surface area contributed by atoms with Gasteiger partial charge >= 0.3 is 0 Å². The molecule has 0 bridgehead atoms. The minimum atomic E-state index is -2.46. The number of thiocarbonyl (C=S) groups is 1. The summed E-state index contributed by atoms with van der Waals surface area (Å²) in [5.41, 5.74) is 0. The molecule has 0 aromatic carbocycles. The van der Waals surface area contributed by atoms with Crippen molar-refractivity contribution in [1.82, 2.24) is 5.09 Å². The fraction of sp³-hybridized carbons (Fsp3) is 0.952. The molecule has 2 nitrogen and oxygen atoms in total. The van der Waals surface area contributed by atoms with Crippen molar-refractivity contribution in [2.45, 2.75) is 98.8 Å². The maximum absolute atomic E-state index is 13.9. The Morgan fingerprint density at radius 3 is 1.73 bits per heavy atom. The lowest BCUT2D eigenvalue weighted by atomic mass is 10.0. The molecule has 0 rings (SSSR count). The van der Waals surface area contributed by atoms with E-state index in [0.29, 0.717) is 11.8 Å².